The number of fused-ring (bicyclic) bond motifs is 1. The normalized spacial score (nSPS) is 13.2. The van der Waals surface area contributed by atoms with E-state index in [2.05, 4.69) is 18.4 Å². The predicted molar refractivity (Wildman–Crippen MR) is 79.4 cm³/mol. The lowest BCUT2D eigenvalue weighted by molar-refractivity contribution is 0.0696. The minimum Gasteiger partial charge on any atom is -0.478 e. The molecule has 0 aliphatic heterocycles. The molecule has 1 heterocycles. The van der Waals surface area contributed by atoms with Crippen LogP contribution in [0.15, 0.2) is 12.3 Å². The molecule has 0 bridgehead atoms. The minimum absolute atomic E-state index is 0.249. The topological polar surface area (TPSA) is 62.5 Å². The SMILES string of the molecule is Cc1c(C(=O)O)cc(C)c2c1c(C(C)O)cn2C(C)C. The zero-order valence-corrected chi connectivity index (χ0v) is 12.6. The third kappa shape index (κ3) is 2.10. The summed E-state index contributed by atoms with van der Waals surface area (Å²) >= 11 is 0. The highest BCUT2D eigenvalue weighted by atomic mass is 16.4. The molecule has 1 atom stereocenters. The maximum Gasteiger partial charge on any atom is 0.335 e. The lowest BCUT2D eigenvalue weighted by Gasteiger charge is -2.13. The maximum atomic E-state index is 11.4. The average molecular weight is 275 g/mol. The van der Waals surface area contributed by atoms with Crippen molar-refractivity contribution in [3.05, 3.63) is 34.5 Å². The number of carboxylic acid groups (broad SMARTS) is 1. The number of carboxylic acids is 1. The number of hydrogen-bond donors (Lipinski definition) is 2. The van der Waals surface area contributed by atoms with E-state index >= 15 is 0 Å². The van der Waals surface area contributed by atoms with Gasteiger partial charge < -0.3 is 14.8 Å². The van der Waals surface area contributed by atoms with Crippen LogP contribution < -0.4 is 0 Å². The van der Waals surface area contributed by atoms with Crippen molar-refractivity contribution >= 4 is 16.9 Å². The van der Waals surface area contributed by atoms with Crippen LogP contribution in [-0.2, 0) is 0 Å². The van der Waals surface area contributed by atoms with Crippen molar-refractivity contribution in [3.8, 4) is 0 Å². The zero-order valence-electron chi connectivity index (χ0n) is 12.6. The maximum absolute atomic E-state index is 11.4. The van der Waals surface area contributed by atoms with E-state index in [-0.39, 0.29) is 6.04 Å². The summed E-state index contributed by atoms with van der Waals surface area (Å²) < 4.78 is 2.10. The number of nitrogens with zero attached hydrogens (tertiary/aromatic N) is 1. The molecule has 2 rings (SSSR count). The van der Waals surface area contributed by atoms with Crippen LogP contribution in [-0.4, -0.2) is 20.7 Å². The van der Waals surface area contributed by atoms with Gasteiger partial charge in [-0.05, 0) is 51.8 Å². The van der Waals surface area contributed by atoms with Gasteiger partial charge in [0.2, 0.25) is 0 Å². The van der Waals surface area contributed by atoms with E-state index in [0.717, 1.165) is 22.0 Å². The second-order valence-electron chi connectivity index (χ2n) is 5.66. The fourth-order valence-electron chi connectivity index (χ4n) is 2.81. The predicted octanol–water partition coefficient (Wildman–Crippen LogP) is 3.59. The number of aliphatic hydroxyl groups is 1. The summed E-state index contributed by atoms with van der Waals surface area (Å²) in [5, 5.41) is 20.2. The van der Waals surface area contributed by atoms with Crippen molar-refractivity contribution in [1.29, 1.82) is 0 Å². The first-order valence-corrected chi connectivity index (χ1v) is 6.81. The van der Waals surface area contributed by atoms with Gasteiger partial charge in [0.05, 0.1) is 17.2 Å². The fraction of sp³-hybridized carbons (Fsp3) is 0.438. The largest absolute Gasteiger partial charge is 0.478 e. The Labute approximate surface area is 118 Å². The summed E-state index contributed by atoms with van der Waals surface area (Å²) in [7, 11) is 0. The summed E-state index contributed by atoms with van der Waals surface area (Å²) in [5.41, 5.74) is 3.74. The Morgan fingerprint density at radius 1 is 1.25 bits per heavy atom. The monoisotopic (exact) mass is 275 g/mol. The number of rotatable bonds is 3. The lowest BCUT2D eigenvalue weighted by atomic mass is 9.97. The first-order chi connectivity index (χ1) is 9.25. The molecular weight excluding hydrogens is 254 g/mol. The highest BCUT2D eigenvalue weighted by Crippen LogP contribution is 2.35. The van der Waals surface area contributed by atoms with E-state index in [0.29, 0.717) is 11.1 Å². The second-order valence-corrected chi connectivity index (χ2v) is 5.66. The first kappa shape index (κ1) is 14.6. The average Bonchev–Trinajstić information content (AvgIpc) is 2.74. The van der Waals surface area contributed by atoms with E-state index in [1.54, 1.807) is 13.0 Å². The van der Waals surface area contributed by atoms with E-state index in [9.17, 15) is 15.0 Å². The number of aliphatic hydroxyl groups excluding tert-OH is 1. The van der Waals surface area contributed by atoms with Crippen molar-refractivity contribution in [2.75, 3.05) is 0 Å². The molecule has 0 aliphatic rings. The molecule has 1 aromatic carbocycles. The molecule has 2 aromatic rings. The summed E-state index contributed by atoms with van der Waals surface area (Å²) in [6, 6.07) is 1.96. The van der Waals surface area contributed by atoms with Gasteiger partial charge in [-0.1, -0.05) is 0 Å². The van der Waals surface area contributed by atoms with E-state index in [4.69, 9.17) is 0 Å². The van der Waals surface area contributed by atoms with Crippen LogP contribution in [0.4, 0.5) is 0 Å². The number of carbonyl (C=O) groups is 1. The molecule has 4 nitrogen and oxygen atoms in total. The fourth-order valence-corrected chi connectivity index (χ4v) is 2.81. The van der Waals surface area contributed by atoms with Crippen LogP contribution in [0.3, 0.4) is 0 Å². The van der Waals surface area contributed by atoms with Crippen molar-refractivity contribution in [3.63, 3.8) is 0 Å². The van der Waals surface area contributed by atoms with Crippen LogP contribution >= 0.6 is 0 Å². The van der Waals surface area contributed by atoms with Crippen LogP contribution in [0.2, 0.25) is 0 Å². The van der Waals surface area contributed by atoms with Gasteiger partial charge >= 0.3 is 5.97 Å². The smallest absolute Gasteiger partial charge is 0.335 e. The minimum atomic E-state index is -0.929. The van der Waals surface area contributed by atoms with Crippen molar-refractivity contribution in [2.24, 2.45) is 0 Å². The van der Waals surface area contributed by atoms with E-state index in [1.165, 1.54) is 0 Å². The third-order valence-electron chi connectivity index (χ3n) is 3.81. The summed E-state index contributed by atoms with van der Waals surface area (Å²) in [6.45, 7) is 9.58. The molecular formula is C16H21NO3. The van der Waals surface area contributed by atoms with Crippen LogP contribution in [0, 0.1) is 13.8 Å². The van der Waals surface area contributed by atoms with E-state index in [1.807, 2.05) is 20.0 Å². The Bertz CT molecular complexity index is 681. The number of aromatic nitrogens is 1. The molecule has 0 radical (unpaired) electrons. The number of aromatic carboxylic acids is 1. The molecule has 108 valence electrons. The Balaban J connectivity index is 2.98. The molecule has 2 N–H and O–H groups in total. The quantitative estimate of drug-likeness (QED) is 0.899. The second kappa shape index (κ2) is 4.94. The van der Waals surface area contributed by atoms with Gasteiger partial charge in [-0.15, -0.1) is 0 Å². The van der Waals surface area contributed by atoms with Crippen molar-refractivity contribution in [1.82, 2.24) is 4.57 Å². The van der Waals surface area contributed by atoms with Crippen LogP contribution in [0.5, 0.6) is 0 Å². The summed E-state index contributed by atoms with van der Waals surface area (Å²) in [6.07, 6.45) is 1.31. The molecule has 0 saturated carbocycles. The highest BCUT2D eigenvalue weighted by Gasteiger charge is 2.21. The van der Waals surface area contributed by atoms with E-state index < -0.39 is 12.1 Å². The highest BCUT2D eigenvalue weighted by molar-refractivity contribution is 6.00. The molecule has 0 spiro atoms. The van der Waals surface area contributed by atoms with Gasteiger partial charge in [0.15, 0.2) is 0 Å². The van der Waals surface area contributed by atoms with Gasteiger partial charge in [-0.25, -0.2) is 4.79 Å². The Morgan fingerprint density at radius 3 is 2.30 bits per heavy atom. The molecule has 0 aliphatic carbocycles. The van der Waals surface area contributed by atoms with Gasteiger partial charge in [0.1, 0.15) is 0 Å². The Morgan fingerprint density at radius 2 is 1.85 bits per heavy atom. The molecule has 4 heteroatoms. The number of hydrogen-bond acceptors (Lipinski definition) is 2. The molecule has 0 saturated heterocycles. The third-order valence-corrected chi connectivity index (χ3v) is 3.81. The molecule has 0 fully saturated rings. The zero-order chi connectivity index (χ0) is 15.2. The molecule has 1 aromatic heterocycles. The Hall–Kier alpha value is -1.81. The van der Waals surface area contributed by atoms with Gasteiger partial charge in [-0.2, -0.15) is 0 Å². The van der Waals surface area contributed by atoms with Gasteiger partial charge in [0, 0.05) is 23.2 Å². The van der Waals surface area contributed by atoms with Crippen molar-refractivity contribution in [2.45, 2.75) is 46.8 Å². The number of aryl methyl sites for hydroxylation is 2. The van der Waals surface area contributed by atoms with Crippen LogP contribution in [0.25, 0.3) is 10.9 Å². The standard InChI is InChI=1S/C16H21NO3/c1-8(2)17-7-13(11(5)18)14-10(4)12(16(19)20)6-9(3)15(14)17/h6-8,11,18H,1-5H3,(H,19,20). The summed E-state index contributed by atoms with van der Waals surface area (Å²) in [4.78, 5) is 11.4. The van der Waals surface area contributed by atoms with Gasteiger partial charge in [0.25, 0.3) is 0 Å². The molecule has 0 amide bonds. The van der Waals surface area contributed by atoms with Crippen LogP contribution in [0.1, 0.15) is 60.0 Å². The first-order valence-electron chi connectivity index (χ1n) is 6.81. The lowest BCUT2D eigenvalue weighted by Crippen LogP contribution is -2.04. The summed E-state index contributed by atoms with van der Waals surface area (Å²) in [5.74, 6) is -0.929. The number of benzene rings is 1. The van der Waals surface area contributed by atoms with Gasteiger partial charge in [-0.3, -0.25) is 0 Å². The van der Waals surface area contributed by atoms with Crippen molar-refractivity contribution < 1.29 is 15.0 Å². The molecule has 20 heavy (non-hydrogen) atoms. The Kier molecular flexibility index (Phi) is 3.61. The molecule has 1 unspecified atom stereocenters.